The van der Waals surface area contributed by atoms with Crippen LogP contribution >= 0.6 is 0 Å². The first-order valence-electron chi connectivity index (χ1n) is 5.49. The molecule has 0 aromatic rings. The Hall–Kier alpha value is -1.13. The van der Waals surface area contributed by atoms with Gasteiger partial charge in [-0.1, -0.05) is 13.3 Å². The van der Waals surface area contributed by atoms with Gasteiger partial charge in [0, 0.05) is 17.4 Å². The molecule has 5 heteroatoms. The van der Waals surface area contributed by atoms with Crippen LogP contribution < -0.4 is 0 Å². The van der Waals surface area contributed by atoms with Crippen LogP contribution in [0.2, 0.25) is 0 Å². The zero-order valence-electron chi connectivity index (χ0n) is 9.31. The third-order valence-electron chi connectivity index (χ3n) is 2.91. The predicted molar refractivity (Wildman–Crippen MR) is 56.1 cm³/mol. The SMILES string of the molecule is CCC[C@H](C[N+](=O)[O-])N1C(=O)CC[C@H]1C. The topological polar surface area (TPSA) is 63.5 Å². The highest BCUT2D eigenvalue weighted by Gasteiger charge is 2.35. The normalized spacial score (nSPS) is 23.2. The van der Waals surface area contributed by atoms with E-state index in [9.17, 15) is 14.9 Å². The number of hydrogen-bond acceptors (Lipinski definition) is 3. The molecule has 1 saturated heterocycles. The number of rotatable bonds is 5. The first kappa shape index (κ1) is 11.9. The van der Waals surface area contributed by atoms with Gasteiger partial charge in [0.2, 0.25) is 12.5 Å². The number of carbonyl (C=O) groups is 1. The van der Waals surface area contributed by atoms with E-state index < -0.39 is 0 Å². The van der Waals surface area contributed by atoms with E-state index >= 15 is 0 Å². The minimum atomic E-state index is -0.321. The predicted octanol–water partition coefficient (Wildman–Crippen LogP) is 1.44. The lowest BCUT2D eigenvalue weighted by Crippen LogP contribution is -2.44. The molecule has 0 radical (unpaired) electrons. The molecule has 0 aromatic heterocycles. The molecule has 1 heterocycles. The molecule has 1 aliphatic rings. The molecule has 0 N–H and O–H groups in total. The van der Waals surface area contributed by atoms with Crippen molar-refractivity contribution in [1.29, 1.82) is 0 Å². The van der Waals surface area contributed by atoms with Crippen LogP contribution in [0.1, 0.15) is 39.5 Å². The summed E-state index contributed by atoms with van der Waals surface area (Å²) in [5.41, 5.74) is 0. The average molecular weight is 214 g/mol. The Morgan fingerprint density at radius 2 is 2.33 bits per heavy atom. The molecule has 2 atom stereocenters. The van der Waals surface area contributed by atoms with Crippen molar-refractivity contribution < 1.29 is 9.72 Å². The summed E-state index contributed by atoms with van der Waals surface area (Å²) in [6, 6.07) is -0.0519. The molecule has 1 fully saturated rings. The number of nitrogens with zero attached hydrogens (tertiary/aromatic N) is 2. The fraction of sp³-hybridized carbons (Fsp3) is 0.900. The van der Waals surface area contributed by atoms with E-state index in [1.165, 1.54) is 0 Å². The Bertz CT molecular complexity index is 255. The highest BCUT2D eigenvalue weighted by Crippen LogP contribution is 2.23. The fourth-order valence-corrected chi connectivity index (χ4v) is 2.23. The zero-order valence-corrected chi connectivity index (χ0v) is 9.31. The zero-order chi connectivity index (χ0) is 11.4. The van der Waals surface area contributed by atoms with Gasteiger partial charge in [-0.15, -0.1) is 0 Å². The Morgan fingerprint density at radius 3 is 2.73 bits per heavy atom. The molecule has 0 saturated carbocycles. The van der Waals surface area contributed by atoms with Crippen LogP contribution in [-0.2, 0) is 4.79 Å². The van der Waals surface area contributed by atoms with Crippen molar-refractivity contribution in [2.45, 2.75) is 51.6 Å². The smallest absolute Gasteiger partial charge is 0.224 e. The molecular formula is C10H18N2O3. The summed E-state index contributed by atoms with van der Waals surface area (Å²) in [7, 11) is 0. The molecule has 0 bridgehead atoms. The van der Waals surface area contributed by atoms with Gasteiger partial charge in [0.1, 0.15) is 0 Å². The molecular weight excluding hydrogens is 196 g/mol. The number of nitro groups is 1. The summed E-state index contributed by atoms with van der Waals surface area (Å²) in [5, 5.41) is 10.5. The van der Waals surface area contributed by atoms with E-state index in [2.05, 4.69) is 0 Å². The van der Waals surface area contributed by atoms with Gasteiger partial charge in [0.05, 0.1) is 6.04 Å². The number of carbonyl (C=O) groups excluding carboxylic acids is 1. The Kier molecular flexibility index (Phi) is 4.05. The highest BCUT2D eigenvalue weighted by molar-refractivity contribution is 5.79. The Labute approximate surface area is 89.6 Å². The Balaban J connectivity index is 2.68. The number of likely N-dealkylation sites (tertiary alicyclic amines) is 1. The molecule has 0 aromatic carbocycles. The molecule has 86 valence electrons. The van der Waals surface area contributed by atoms with Gasteiger partial charge in [-0.2, -0.15) is 0 Å². The van der Waals surface area contributed by atoms with Crippen LogP contribution in [0.4, 0.5) is 0 Å². The fourth-order valence-electron chi connectivity index (χ4n) is 2.23. The summed E-state index contributed by atoms with van der Waals surface area (Å²) in [5.74, 6) is 0.0720. The second-order valence-electron chi connectivity index (χ2n) is 4.15. The second kappa shape index (κ2) is 5.09. The minimum Gasteiger partial charge on any atom is -0.330 e. The van der Waals surface area contributed by atoms with Crippen LogP contribution in [-0.4, -0.2) is 34.4 Å². The monoisotopic (exact) mass is 214 g/mol. The van der Waals surface area contributed by atoms with Gasteiger partial charge < -0.3 is 4.90 Å². The van der Waals surface area contributed by atoms with Gasteiger partial charge in [-0.3, -0.25) is 14.9 Å². The van der Waals surface area contributed by atoms with Crippen molar-refractivity contribution in [3.05, 3.63) is 10.1 Å². The third kappa shape index (κ3) is 2.91. The summed E-state index contributed by atoms with van der Waals surface area (Å²) in [6.45, 7) is 3.83. The van der Waals surface area contributed by atoms with E-state index in [1.807, 2.05) is 13.8 Å². The average Bonchev–Trinajstić information content (AvgIpc) is 2.45. The first-order valence-corrected chi connectivity index (χ1v) is 5.49. The Morgan fingerprint density at radius 1 is 1.67 bits per heavy atom. The van der Waals surface area contributed by atoms with E-state index in [0.29, 0.717) is 6.42 Å². The van der Waals surface area contributed by atoms with Crippen LogP contribution in [0.5, 0.6) is 0 Å². The molecule has 1 aliphatic heterocycles. The molecule has 0 aliphatic carbocycles. The molecule has 1 rings (SSSR count). The van der Waals surface area contributed by atoms with Gasteiger partial charge in [-0.25, -0.2) is 0 Å². The van der Waals surface area contributed by atoms with Crippen molar-refractivity contribution in [2.75, 3.05) is 6.54 Å². The summed E-state index contributed by atoms with van der Waals surface area (Å²) in [6.07, 6.45) is 2.96. The van der Waals surface area contributed by atoms with Crippen LogP contribution in [0.15, 0.2) is 0 Å². The van der Waals surface area contributed by atoms with Crippen LogP contribution in [0.3, 0.4) is 0 Å². The molecule has 0 spiro atoms. The molecule has 1 amide bonds. The minimum absolute atomic E-state index is 0.0720. The van der Waals surface area contributed by atoms with Gasteiger partial charge in [0.15, 0.2) is 0 Å². The van der Waals surface area contributed by atoms with E-state index in [0.717, 1.165) is 19.3 Å². The van der Waals surface area contributed by atoms with Crippen molar-refractivity contribution in [3.63, 3.8) is 0 Å². The van der Waals surface area contributed by atoms with Crippen LogP contribution in [0, 0.1) is 10.1 Å². The lowest BCUT2D eigenvalue weighted by Gasteiger charge is -2.28. The highest BCUT2D eigenvalue weighted by atomic mass is 16.6. The molecule has 5 nitrogen and oxygen atoms in total. The lowest BCUT2D eigenvalue weighted by atomic mass is 10.1. The maximum absolute atomic E-state index is 11.6. The van der Waals surface area contributed by atoms with E-state index in [1.54, 1.807) is 4.90 Å². The van der Waals surface area contributed by atoms with Gasteiger partial charge in [0.25, 0.3) is 0 Å². The van der Waals surface area contributed by atoms with Crippen molar-refractivity contribution >= 4 is 5.91 Å². The lowest BCUT2D eigenvalue weighted by molar-refractivity contribution is -0.486. The second-order valence-corrected chi connectivity index (χ2v) is 4.15. The van der Waals surface area contributed by atoms with Crippen molar-refractivity contribution in [1.82, 2.24) is 4.90 Å². The van der Waals surface area contributed by atoms with Gasteiger partial charge >= 0.3 is 0 Å². The van der Waals surface area contributed by atoms with Gasteiger partial charge in [-0.05, 0) is 19.8 Å². The maximum atomic E-state index is 11.6. The molecule has 0 unspecified atom stereocenters. The first-order chi connectivity index (χ1) is 7.06. The summed E-state index contributed by atoms with van der Waals surface area (Å²) < 4.78 is 0. The standard InChI is InChI=1S/C10H18N2O3/c1-3-4-9(7-11(14)15)12-8(2)5-6-10(12)13/h8-9H,3-7H2,1-2H3/t8-,9-/m1/s1. The quantitative estimate of drug-likeness (QED) is 0.514. The largest absolute Gasteiger partial charge is 0.330 e. The molecule has 15 heavy (non-hydrogen) atoms. The van der Waals surface area contributed by atoms with E-state index in [4.69, 9.17) is 0 Å². The summed E-state index contributed by atoms with van der Waals surface area (Å²) >= 11 is 0. The number of hydrogen-bond donors (Lipinski definition) is 0. The van der Waals surface area contributed by atoms with Crippen LogP contribution in [0.25, 0.3) is 0 Å². The van der Waals surface area contributed by atoms with E-state index in [-0.39, 0.29) is 29.5 Å². The van der Waals surface area contributed by atoms with Crippen molar-refractivity contribution in [2.24, 2.45) is 0 Å². The maximum Gasteiger partial charge on any atom is 0.224 e. The summed E-state index contributed by atoms with van der Waals surface area (Å²) in [4.78, 5) is 23.5. The third-order valence-corrected chi connectivity index (χ3v) is 2.91. The van der Waals surface area contributed by atoms with Crippen molar-refractivity contribution in [3.8, 4) is 0 Å². The number of amides is 1.